The van der Waals surface area contributed by atoms with Gasteiger partial charge in [0.2, 0.25) is 0 Å². The Morgan fingerprint density at radius 3 is 1.67 bits per heavy atom. The van der Waals surface area contributed by atoms with E-state index in [4.69, 9.17) is 0 Å². The van der Waals surface area contributed by atoms with Crippen LogP contribution in [0.25, 0.3) is 0 Å². The minimum absolute atomic E-state index is 0.269. The molecule has 0 aliphatic rings. The van der Waals surface area contributed by atoms with Gasteiger partial charge < -0.3 is 0 Å². The second-order valence-corrected chi connectivity index (χ2v) is 5.32. The predicted molar refractivity (Wildman–Crippen MR) is 72.9 cm³/mol. The molecule has 15 heavy (non-hydrogen) atoms. The number of nitro groups is 2. The van der Waals surface area contributed by atoms with Crippen molar-refractivity contribution in [2.24, 2.45) is 0 Å². The van der Waals surface area contributed by atoms with Gasteiger partial charge >= 0.3 is 0 Å². The average molecular weight is 499 g/mol. The molecule has 9 heteroatoms. The van der Waals surface area contributed by atoms with Crippen LogP contribution in [0.3, 0.4) is 0 Å². The van der Waals surface area contributed by atoms with Crippen molar-refractivity contribution >= 4 is 72.5 Å². The lowest BCUT2D eigenvalue weighted by atomic mass is 10.3. The van der Waals surface area contributed by atoms with E-state index in [1.54, 1.807) is 45.2 Å². The Morgan fingerprint density at radius 1 is 1.07 bits per heavy atom. The van der Waals surface area contributed by atoms with Crippen molar-refractivity contribution in [1.29, 1.82) is 0 Å². The number of hydrogen-bond donors (Lipinski definition) is 0. The van der Waals surface area contributed by atoms with Gasteiger partial charge in [0.15, 0.2) is 0 Å². The second kappa shape index (κ2) is 4.86. The number of halogens is 3. The van der Waals surface area contributed by atoms with Crippen LogP contribution < -0.4 is 0 Å². The Hall–Kier alpha value is -0.0400. The van der Waals surface area contributed by atoms with Crippen LogP contribution >= 0.6 is 61.1 Å². The van der Waals surface area contributed by atoms with Crippen LogP contribution in [-0.2, 0) is 0 Å². The van der Waals surface area contributed by atoms with Gasteiger partial charge in [0, 0.05) is 0 Å². The largest absolute Gasteiger partial charge is 0.290 e. The van der Waals surface area contributed by atoms with Gasteiger partial charge in [0.05, 0.1) is 20.4 Å². The standard InChI is InChI=1S/C6HBrI2N2O4/c7-4-5(8)2(10(12)13)1-3(6(4)9)11(14)15/h1H. The summed E-state index contributed by atoms with van der Waals surface area (Å²) in [4.78, 5) is 19.9. The van der Waals surface area contributed by atoms with E-state index < -0.39 is 9.85 Å². The molecule has 0 fully saturated rings. The Bertz CT molecular complexity index is 427. The van der Waals surface area contributed by atoms with Crippen molar-refractivity contribution in [3.05, 3.63) is 37.9 Å². The third kappa shape index (κ3) is 2.55. The lowest BCUT2D eigenvalue weighted by Gasteiger charge is -2.02. The highest BCUT2D eigenvalue weighted by Crippen LogP contribution is 2.38. The molecular formula is C6HBrI2N2O4. The van der Waals surface area contributed by atoms with E-state index in [0.717, 1.165) is 6.07 Å². The number of benzene rings is 1. The maximum absolute atomic E-state index is 10.6. The first kappa shape index (κ1) is 13.0. The minimum atomic E-state index is -0.643. The zero-order chi connectivity index (χ0) is 11.7. The van der Waals surface area contributed by atoms with Gasteiger partial charge in [-0.15, -0.1) is 0 Å². The van der Waals surface area contributed by atoms with E-state index >= 15 is 0 Å². The van der Waals surface area contributed by atoms with Crippen molar-refractivity contribution in [1.82, 2.24) is 0 Å². The van der Waals surface area contributed by atoms with Crippen molar-refractivity contribution in [3.63, 3.8) is 0 Å². The lowest BCUT2D eigenvalue weighted by molar-refractivity contribution is -0.395. The van der Waals surface area contributed by atoms with Crippen molar-refractivity contribution < 1.29 is 9.85 Å². The maximum atomic E-state index is 10.6. The minimum Gasteiger partial charge on any atom is -0.258 e. The summed E-state index contributed by atoms with van der Waals surface area (Å²) in [5, 5.41) is 21.2. The third-order valence-corrected chi connectivity index (χ3v) is 5.96. The summed E-state index contributed by atoms with van der Waals surface area (Å²) in [5.74, 6) is 0. The Kier molecular flexibility index (Phi) is 4.22. The molecule has 0 unspecified atom stereocenters. The van der Waals surface area contributed by atoms with Crippen LogP contribution in [0.15, 0.2) is 10.5 Å². The van der Waals surface area contributed by atoms with Gasteiger partial charge in [-0.05, 0) is 61.1 Å². The fourth-order valence-corrected chi connectivity index (χ4v) is 3.01. The Labute approximate surface area is 119 Å². The average Bonchev–Trinajstić information content (AvgIpc) is 2.13. The van der Waals surface area contributed by atoms with Gasteiger partial charge in [-0.1, -0.05) is 0 Å². The van der Waals surface area contributed by atoms with Crippen LogP contribution in [0, 0.1) is 27.4 Å². The van der Waals surface area contributed by atoms with E-state index in [2.05, 4.69) is 15.9 Å². The fourth-order valence-electron chi connectivity index (χ4n) is 0.843. The first-order valence-electron chi connectivity index (χ1n) is 3.32. The quantitative estimate of drug-likeness (QED) is 0.270. The summed E-state index contributed by atoms with van der Waals surface area (Å²) in [5.41, 5.74) is -0.538. The van der Waals surface area contributed by atoms with E-state index in [9.17, 15) is 20.2 Å². The molecule has 6 nitrogen and oxygen atoms in total. The van der Waals surface area contributed by atoms with Crippen LogP contribution in [-0.4, -0.2) is 9.85 Å². The first-order chi connectivity index (χ1) is 6.86. The zero-order valence-electron chi connectivity index (χ0n) is 6.74. The summed E-state index contributed by atoms with van der Waals surface area (Å²) >= 11 is 6.63. The molecule has 1 aromatic carbocycles. The molecule has 80 valence electrons. The third-order valence-electron chi connectivity index (χ3n) is 1.50. The molecule has 0 aliphatic carbocycles. The number of rotatable bonds is 2. The highest BCUT2D eigenvalue weighted by molar-refractivity contribution is 14.1. The topological polar surface area (TPSA) is 86.3 Å². The molecule has 0 saturated carbocycles. The van der Waals surface area contributed by atoms with Crippen molar-refractivity contribution in [2.45, 2.75) is 0 Å². The molecule has 0 heterocycles. The predicted octanol–water partition coefficient (Wildman–Crippen LogP) is 3.47. The van der Waals surface area contributed by atoms with Gasteiger partial charge in [0.1, 0.15) is 7.14 Å². The van der Waals surface area contributed by atoms with Gasteiger partial charge in [-0.3, -0.25) is 20.2 Å². The van der Waals surface area contributed by atoms with E-state index in [-0.39, 0.29) is 11.4 Å². The molecule has 1 rings (SSSR count). The van der Waals surface area contributed by atoms with Gasteiger partial charge in [0.25, 0.3) is 11.4 Å². The zero-order valence-corrected chi connectivity index (χ0v) is 12.6. The number of nitrogens with zero attached hydrogens (tertiary/aromatic N) is 2. The van der Waals surface area contributed by atoms with E-state index in [0.29, 0.717) is 11.6 Å². The van der Waals surface area contributed by atoms with Crippen LogP contribution in [0.4, 0.5) is 11.4 Å². The monoisotopic (exact) mass is 498 g/mol. The first-order valence-corrected chi connectivity index (χ1v) is 6.27. The maximum Gasteiger partial charge on any atom is 0.290 e. The number of nitro benzene ring substituents is 2. The SMILES string of the molecule is O=[N+]([O-])c1cc([N+](=O)[O-])c(I)c(Br)c1I. The molecule has 0 N–H and O–H groups in total. The summed E-state index contributed by atoms with van der Waals surface area (Å²) < 4.78 is 1.09. The van der Waals surface area contributed by atoms with Crippen LogP contribution in [0.1, 0.15) is 0 Å². The lowest BCUT2D eigenvalue weighted by Crippen LogP contribution is -1.99. The molecule has 0 bridgehead atoms. The molecule has 0 aliphatic heterocycles. The van der Waals surface area contributed by atoms with Crippen molar-refractivity contribution in [3.8, 4) is 0 Å². The smallest absolute Gasteiger partial charge is 0.258 e. The molecule has 0 atom stereocenters. The Balaban J connectivity index is 3.59. The van der Waals surface area contributed by atoms with E-state index in [1.165, 1.54) is 0 Å². The highest BCUT2D eigenvalue weighted by atomic mass is 127. The highest BCUT2D eigenvalue weighted by Gasteiger charge is 2.26. The molecule has 0 aromatic heterocycles. The van der Waals surface area contributed by atoms with Gasteiger partial charge in [-0.25, -0.2) is 0 Å². The summed E-state index contributed by atoms with van der Waals surface area (Å²) in [6.45, 7) is 0. The van der Waals surface area contributed by atoms with Gasteiger partial charge in [-0.2, -0.15) is 0 Å². The number of hydrogen-bond acceptors (Lipinski definition) is 4. The summed E-state index contributed by atoms with van der Waals surface area (Å²) in [6, 6.07) is 0.967. The summed E-state index contributed by atoms with van der Waals surface area (Å²) in [7, 11) is 0. The molecule has 0 radical (unpaired) electrons. The second-order valence-electron chi connectivity index (χ2n) is 2.37. The molecular weight excluding hydrogens is 498 g/mol. The van der Waals surface area contributed by atoms with Crippen LogP contribution in [0.5, 0.6) is 0 Å². The fraction of sp³-hybridized carbons (Fsp3) is 0. The molecule has 0 saturated heterocycles. The summed E-state index contributed by atoms with van der Waals surface area (Å²) in [6.07, 6.45) is 0. The molecule has 1 aromatic rings. The van der Waals surface area contributed by atoms with Crippen LogP contribution in [0.2, 0.25) is 0 Å². The molecule has 0 spiro atoms. The molecule has 0 amide bonds. The normalized spacial score (nSPS) is 10.1. The Morgan fingerprint density at radius 2 is 1.40 bits per heavy atom. The van der Waals surface area contributed by atoms with Crippen molar-refractivity contribution in [2.75, 3.05) is 0 Å². The van der Waals surface area contributed by atoms with E-state index in [1.807, 2.05) is 0 Å².